The molecule has 2 rings (SSSR count). The summed E-state index contributed by atoms with van der Waals surface area (Å²) in [5.74, 6) is -0.935. The molecular weight excluding hydrogens is 294 g/mol. The van der Waals surface area contributed by atoms with Gasteiger partial charge in [0, 0.05) is 12.4 Å². The number of nitrogens with zero attached hydrogens (tertiary/aromatic N) is 2. The third-order valence-corrected chi connectivity index (χ3v) is 3.67. The van der Waals surface area contributed by atoms with E-state index in [1.54, 1.807) is 19.2 Å². The lowest BCUT2D eigenvalue weighted by Crippen LogP contribution is -2.31. The van der Waals surface area contributed by atoms with Crippen molar-refractivity contribution in [2.75, 3.05) is 7.11 Å². The number of ether oxygens (including phenoxy) is 1. The van der Waals surface area contributed by atoms with Gasteiger partial charge in [-0.2, -0.15) is 5.10 Å². The summed E-state index contributed by atoms with van der Waals surface area (Å²) in [4.78, 5) is 21.9. The van der Waals surface area contributed by atoms with Crippen molar-refractivity contribution in [2.45, 2.75) is 11.7 Å². The standard InChI is InChI=1S/C13H13N3O4S/c1-20-9-4-2-8(3-5-9)7-14-16-13-15-12(19)10(21-13)6-11(17)18/h2-5,7,10H,6H2,1H3,(H,17,18)(H,15,16,19)/p-1/b14-7-/t10-/m0/s1. The molecule has 1 saturated heterocycles. The number of thioether (sulfide) groups is 1. The molecule has 1 amide bonds. The fraction of sp³-hybridized carbons (Fsp3) is 0.231. The molecule has 8 heteroatoms. The lowest BCUT2D eigenvalue weighted by Gasteiger charge is -2.04. The number of carbonyl (C=O) groups is 2. The second-order valence-corrected chi connectivity index (χ2v) is 5.29. The number of carboxylic acids is 1. The second kappa shape index (κ2) is 6.89. The van der Waals surface area contributed by atoms with Gasteiger partial charge in [-0.25, -0.2) is 0 Å². The first-order valence-electron chi connectivity index (χ1n) is 6.01. The van der Waals surface area contributed by atoms with Crippen molar-refractivity contribution >= 4 is 35.0 Å². The maximum Gasteiger partial charge on any atom is 0.239 e. The molecule has 1 atom stereocenters. The van der Waals surface area contributed by atoms with Gasteiger partial charge in [-0.15, -0.1) is 5.10 Å². The van der Waals surface area contributed by atoms with Gasteiger partial charge in [-0.1, -0.05) is 11.8 Å². The van der Waals surface area contributed by atoms with Gasteiger partial charge in [-0.05, 0) is 29.8 Å². The zero-order valence-corrected chi connectivity index (χ0v) is 11.9. The summed E-state index contributed by atoms with van der Waals surface area (Å²) in [5.41, 5.74) is 0.820. The minimum absolute atomic E-state index is 0.274. The molecule has 1 aromatic rings. The summed E-state index contributed by atoms with van der Waals surface area (Å²) >= 11 is 1.02. The molecule has 0 radical (unpaired) electrons. The Morgan fingerprint density at radius 2 is 2.19 bits per heavy atom. The van der Waals surface area contributed by atoms with Crippen molar-refractivity contribution in [1.82, 2.24) is 5.32 Å². The van der Waals surface area contributed by atoms with E-state index >= 15 is 0 Å². The van der Waals surface area contributed by atoms with Crippen molar-refractivity contribution in [1.29, 1.82) is 0 Å². The Morgan fingerprint density at radius 1 is 1.48 bits per heavy atom. The van der Waals surface area contributed by atoms with Crippen molar-refractivity contribution in [3.8, 4) is 5.75 Å². The molecule has 0 saturated carbocycles. The fourth-order valence-electron chi connectivity index (χ4n) is 1.58. The first kappa shape index (κ1) is 15.0. The van der Waals surface area contributed by atoms with E-state index < -0.39 is 17.1 Å². The molecule has 0 aliphatic carbocycles. The van der Waals surface area contributed by atoms with Gasteiger partial charge in [0.15, 0.2) is 5.17 Å². The van der Waals surface area contributed by atoms with Crippen LogP contribution in [-0.4, -0.2) is 35.6 Å². The predicted molar refractivity (Wildman–Crippen MR) is 77.2 cm³/mol. The van der Waals surface area contributed by atoms with E-state index in [1.807, 2.05) is 12.1 Å². The number of nitrogens with one attached hydrogen (secondary N) is 1. The Bertz CT molecular complexity index is 598. The average Bonchev–Trinajstić information content (AvgIpc) is 2.79. The van der Waals surface area contributed by atoms with Crippen LogP contribution in [0.3, 0.4) is 0 Å². The number of carbonyl (C=O) groups excluding carboxylic acids is 2. The minimum Gasteiger partial charge on any atom is -0.550 e. The van der Waals surface area contributed by atoms with Crippen molar-refractivity contribution in [3.63, 3.8) is 0 Å². The average molecular weight is 306 g/mol. The van der Waals surface area contributed by atoms with Crippen LogP contribution < -0.4 is 15.2 Å². The van der Waals surface area contributed by atoms with Crippen molar-refractivity contribution in [3.05, 3.63) is 29.8 Å². The number of hydrogen-bond donors (Lipinski definition) is 1. The van der Waals surface area contributed by atoms with Crippen LogP contribution in [0.2, 0.25) is 0 Å². The second-order valence-electron chi connectivity index (χ2n) is 4.09. The third kappa shape index (κ3) is 4.32. The summed E-state index contributed by atoms with van der Waals surface area (Å²) in [6.45, 7) is 0. The SMILES string of the molecule is COc1ccc(/C=N\N=C2\NC(=O)[C@H](CC(=O)[O-])S2)cc1. The minimum atomic E-state index is -1.27. The molecule has 7 nitrogen and oxygen atoms in total. The van der Waals surface area contributed by atoms with Crippen LogP contribution in [0, 0.1) is 0 Å². The first-order chi connectivity index (χ1) is 10.1. The predicted octanol–water partition coefficient (Wildman–Crippen LogP) is -0.243. The van der Waals surface area contributed by atoms with E-state index in [9.17, 15) is 14.7 Å². The highest BCUT2D eigenvalue weighted by atomic mass is 32.2. The van der Waals surface area contributed by atoms with Crippen LogP contribution in [0.15, 0.2) is 34.5 Å². The highest BCUT2D eigenvalue weighted by Gasteiger charge is 2.30. The van der Waals surface area contributed by atoms with E-state index in [2.05, 4.69) is 15.5 Å². The van der Waals surface area contributed by atoms with E-state index in [-0.39, 0.29) is 11.6 Å². The summed E-state index contributed by atoms with van der Waals surface area (Å²) < 4.78 is 5.03. The molecule has 0 aromatic heterocycles. The third-order valence-electron chi connectivity index (χ3n) is 2.60. The van der Waals surface area contributed by atoms with Crippen LogP contribution in [-0.2, 0) is 9.59 Å². The lowest BCUT2D eigenvalue weighted by atomic mass is 10.2. The van der Waals surface area contributed by atoms with Crippen LogP contribution in [0.1, 0.15) is 12.0 Å². The largest absolute Gasteiger partial charge is 0.550 e. The van der Waals surface area contributed by atoms with Crippen molar-refractivity contribution < 1.29 is 19.4 Å². The molecule has 1 heterocycles. The van der Waals surface area contributed by atoms with Gasteiger partial charge in [0.05, 0.1) is 18.6 Å². The molecule has 1 aliphatic heterocycles. The van der Waals surface area contributed by atoms with Gasteiger partial charge in [0.25, 0.3) is 0 Å². The quantitative estimate of drug-likeness (QED) is 0.597. The maximum atomic E-state index is 11.5. The Balaban J connectivity index is 1.96. The maximum absolute atomic E-state index is 11.5. The topological polar surface area (TPSA) is 103 Å². The summed E-state index contributed by atoms with van der Waals surface area (Å²) in [5, 5.41) is 20.2. The summed E-state index contributed by atoms with van der Waals surface area (Å²) in [6, 6.07) is 7.19. The monoisotopic (exact) mass is 306 g/mol. The van der Waals surface area contributed by atoms with E-state index in [1.165, 1.54) is 6.21 Å². The number of aliphatic carboxylic acids is 1. The number of rotatable bonds is 5. The fourth-order valence-corrected chi connectivity index (χ4v) is 2.48. The zero-order chi connectivity index (χ0) is 15.2. The van der Waals surface area contributed by atoms with E-state index in [0.717, 1.165) is 23.1 Å². The first-order valence-corrected chi connectivity index (χ1v) is 6.89. The number of amidine groups is 1. The Hall–Kier alpha value is -2.35. The van der Waals surface area contributed by atoms with Gasteiger partial charge >= 0.3 is 0 Å². The molecule has 1 aliphatic rings. The molecule has 0 unspecified atom stereocenters. The number of carboxylic acid groups (broad SMARTS) is 1. The highest BCUT2D eigenvalue weighted by Crippen LogP contribution is 2.21. The smallest absolute Gasteiger partial charge is 0.239 e. The Kier molecular flexibility index (Phi) is 4.94. The molecule has 1 N–H and O–H groups in total. The molecular formula is C13H12N3O4S-. The zero-order valence-electron chi connectivity index (χ0n) is 11.1. The van der Waals surface area contributed by atoms with Crippen LogP contribution in [0.4, 0.5) is 0 Å². The summed E-state index contributed by atoms with van der Waals surface area (Å²) in [7, 11) is 1.58. The number of methoxy groups -OCH3 is 1. The normalized spacial score (nSPS) is 20.0. The van der Waals surface area contributed by atoms with Crippen LogP contribution in [0.5, 0.6) is 5.75 Å². The van der Waals surface area contributed by atoms with Gasteiger partial charge in [0.2, 0.25) is 5.91 Å². The lowest BCUT2D eigenvalue weighted by molar-refractivity contribution is -0.305. The Labute approximate surface area is 125 Å². The van der Waals surface area contributed by atoms with Crippen LogP contribution in [0.25, 0.3) is 0 Å². The molecule has 110 valence electrons. The van der Waals surface area contributed by atoms with Gasteiger partial charge in [0.1, 0.15) is 5.75 Å². The molecule has 0 bridgehead atoms. The van der Waals surface area contributed by atoms with E-state index in [0.29, 0.717) is 0 Å². The van der Waals surface area contributed by atoms with Gasteiger partial charge in [-0.3, -0.25) is 4.79 Å². The number of benzene rings is 1. The highest BCUT2D eigenvalue weighted by molar-refractivity contribution is 8.15. The van der Waals surface area contributed by atoms with Crippen molar-refractivity contribution in [2.24, 2.45) is 10.2 Å². The molecule has 1 aromatic carbocycles. The number of hydrogen-bond acceptors (Lipinski definition) is 7. The Morgan fingerprint density at radius 3 is 2.81 bits per heavy atom. The van der Waals surface area contributed by atoms with E-state index in [4.69, 9.17) is 4.74 Å². The molecule has 1 fully saturated rings. The van der Waals surface area contributed by atoms with Crippen LogP contribution >= 0.6 is 11.8 Å². The molecule has 0 spiro atoms. The molecule has 21 heavy (non-hydrogen) atoms. The van der Waals surface area contributed by atoms with Gasteiger partial charge < -0.3 is 20.0 Å². The number of amides is 1. The summed E-state index contributed by atoms with van der Waals surface area (Å²) in [6.07, 6.45) is 1.17.